The summed E-state index contributed by atoms with van der Waals surface area (Å²) in [6.45, 7) is 0.707. The normalized spacial score (nSPS) is 22.1. The van der Waals surface area contributed by atoms with Crippen LogP contribution >= 0.6 is 11.6 Å². The molecule has 1 aliphatic rings. The van der Waals surface area contributed by atoms with E-state index in [1.54, 1.807) is 12.3 Å². The second kappa shape index (κ2) is 6.44. The number of nitrogens with zero attached hydrogens (tertiary/aromatic N) is 1. The van der Waals surface area contributed by atoms with E-state index in [4.69, 9.17) is 11.6 Å². The fourth-order valence-corrected chi connectivity index (χ4v) is 3.44. The van der Waals surface area contributed by atoms with E-state index >= 15 is 0 Å². The van der Waals surface area contributed by atoms with Crippen molar-refractivity contribution in [1.29, 1.82) is 0 Å². The Morgan fingerprint density at radius 2 is 2.14 bits per heavy atom. The topological polar surface area (TPSA) is 42.0 Å². The first-order valence-corrected chi connectivity index (χ1v) is 7.93. The Bertz CT molecular complexity index is 638. The summed E-state index contributed by atoms with van der Waals surface area (Å²) in [6, 6.07) is 9.50. The average Bonchev–Trinajstić information content (AvgIpc) is 2.52. The van der Waals surface area contributed by atoms with Crippen molar-refractivity contribution >= 4 is 28.4 Å². The van der Waals surface area contributed by atoms with Gasteiger partial charge in [-0.3, -0.25) is 9.78 Å². The molecule has 1 heterocycles. The highest BCUT2D eigenvalue weighted by atomic mass is 35.5. The molecular formula is C17H19ClN2O. The van der Waals surface area contributed by atoms with Gasteiger partial charge in [0.2, 0.25) is 0 Å². The summed E-state index contributed by atoms with van der Waals surface area (Å²) in [6.07, 6.45) is 6.10. The van der Waals surface area contributed by atoms with Crippen LogP contribution in [0.15, 0.2) is 36.5 Å². The summed E-state index contributed by atoms with van der Waals surface area (Å²) in [5.74, 6) is 0.476. The lowest BCUT2D eigenvalue weighted by molar-refractivity contribution is 0.0945. The first-order chi connectivity index (χ1) is 10.2. The lowest BCUT2D eigenvalue weighted by Gasteiger charge is -2.25. The molecular weight excluding hydrogens is 284 g/mol. The number of halogens is 1. The molecule has 0 aliphatic heterocycles. The van der Waals surface area contributed by atoms with E-state index in [1.807, 2.05) is 24.3 Å². The maximum absolute atomic E-state index is 12.4. The monoisotopic (exact) mass is 302 g/mol. The predicted molar refractivity (Wildman–Crippen MR) is 85.7 cm³/mol. The number of fused-ring (bicyclic) bond motifs is 1. The number of pyridine rings is 1. The second-order valence-electron chi connectivity index (χ2n) is 5.72. The SMILES string of the molecule is O=C(NCC1CCCC(Cl)C1)c1ccnc2ccccc12. The van der Waals surface area contributed by atoms with E-state index in [0.29, 0.717) is 18.0 Å². The minimum absolute atomic E-state index is 0.0229. The molecule has 4 heteroatoms. The quantitative estimate of drug-likeness (QED) is 0.877. The highest BCUT2D eigenvalue weighted by Crippen LogP contribution is 2.27. The van der Waals surface area contributed by atoms with E-state index in [2.05, 4.69) is 10.3 Å². The van der Waals surface area contributed by atoms with Crippen molar-refractivity contribution in [1.82, 2.24) is 10.3 Å². The molecule has 110 valence electrons. The van der Waals surface area contributed by atoms with Crippen molar-refractivity contribution in [3.63, 3.8) is 0 Å². The van der Waals surface area contributed by atoms with Gasteiger partial charge >= 0.3 is 0 Å². The zero-order chi connectivity index (χ0) is 14.7. The standard InChI is InChI=1S/C17H19ClN2O/c18-13-5-3-4-12(10-13)11-20-17(21)15-8-9-19-16-7-2-1-6-14(15)16/h1-2,6-9,12-13H,3-5,10-11H2,(H,20,21). The third kappa shape index (κ3) is 3.35. The van der Waals surface area contributed by atoms with Crippen LogP contribution in [0.1, 0.15) is 36.0 Å². The third-order valence-corrected chi connectivity index (χ3v) is 4.56. The lowest BCUT2D eigenvalue weighted by atomic mass is 9.89. The van der Waals surface area contributed by atoms with Crippen LogP contribution in [0.25, 0.3) is 10.9 Å². The first kappa shape index (κ1) is 14.3. The fraction of sp³-hybridized carbons (Fsp3) is 0.412. The number of nitrogens with one attached hydrogen (secondary N) is 1. The molecule has 2 unspecified atom stereocenters. The van der Waals surface area contributed by atoms with Crippen molar-refractivity contribution < 1.29 is 4.79 Å². The van der Waals surface area contributed by atoms with E-state index < -0.39 is 0 Å². The molecule has 0 saturated heterocycles. The Labute approximate surface area is 129 Å². The van der Waals surface area contributed by atoms with Crippen LogP contribution < -0.4 is 5.32 Å². The molecule has 1 fully saturated rings. The molecule has 1 amide bonds. The van der Waals surface area contributed by atoms with E-state index in [9.17, 15) is 4.79 Å². The van der Waals surface area contributed by atoms with Crippen molar-refractivity contribution in [2.24, 2.45) is 5.92 Å². The smallest absolute Gasteiger partial charge is 0.252 e. The molecule has 1 aromatic carbocycles. The Balaban J connectivity index is 1.69. The van der Waals surface area contributed by atoms with Gasteiger partial charge in [0, 0.05) is 23.5 Å². The van der Waals surface area contributed by atoms with Gasteiger partial charge in [-0.2, -0.15) is 0 Å². The Morgan fingerprint density at radius 3 is 3.00 bits per heavy atom. The highest BCUT2D eigenvalue weighted by Gasteiger charge is 2.21. The van der Waals surface area contributed by atoms with Crippen molar-refractivity contribution in [3.8, 4) is 0 Å². The Morgan fingerprint density at radius 1 is 1.29 bits per heavy atom. The van der Waals surface area contributed by atoms with Crippen molar-refractivity contribution in [2.75, 3.05) is 6.54 Å². The van der Waals surface area contributed by atoms with Crippen LogP contribution in [0.2, 0.25) is 0 Å². The number of hydrogen-bond acceptors (Lipinski definition) is 2. The van der Waals surface area contributed by atoms with Gasteiger partial charge in [0.05, 0.1) is 11.1 Å². The van der Waals surface area contributed by atoms with Crippen molar-refractivity contribution in [3.05, 3.63) is 42.1 Å². The van der Waals surface area contributed by atoms with E-state index in [-0.39, 0.29) is 11.3 Å². The molecule has 2 atom stereocenters. The summed E-state index contributed by atoms with van der Waals surface area (Å²) in [7, 11) is 0. The van der Waals surface area contributed by atoms with Gasteiger partial charge in [0.1, 0.15) is 0 Å². The highest BCUT2D eigenvalue weighted by molar-refractivity contribution is 6.20. The van der Waals surface area contributed by atoms with Gasteiger partial charge in [0.15, 0.2) is 0 Å². The Kier molecular flexibility index (Phi) is 4.39. The number of aromatic nitrogens is 1. The number of carbonyl (C=O) groups is 1. The minimum Gasteiger partial charge on any atom is -0.352 e. The molecule has 1 aromatic heterocycles. The molecule has 0 spiro atoms. The van der Waals surface area contributed by atoms with Crippen LogP contribution in [-0.2, 0) is 0 Å². The second-order valence-corrected chi connectivity index (χ2v) is 6.33. The van der Waals surface area contributed by atoms with Gasteiger partial charge in [-0.1, -0.05) is 24.6 Å². The molecule has 3 rings (SSSR count). The average molecular weight is 303 g/mol. The fourth-order valence-electron chi connectivity index (χ4n) is 3.04. The van der Waals surface area contributed by atoms with Crippen LogP contribution in [0.3, 0.4) is 0 Å². The number of carbonyl (C=O) groups excluding carboxylic acids is 1. The molecule has 0 bridgehead atoms. The summed E-state index contributed by atoms with van der Waals surface area (Å²) in [5, 5.41) is 4.22. The number of rotatable bonds is 3. The van der Waals surface area contributed by atoms with Gasteiger partial charge in [0.25, 0.3) is 5.91 Å². The zero-order valence-electron chi connectivity index (χ0n) is 11.9. The summed E-state index contributed by atoms with van der Waals surface area (Å²) >= 11 is 6.20. The number of para-hydroxylation sites is 1. The zero-order valence-corrected chi connectivity index (χ0v) is 12.6. The van der Waals surface area contributed by atoms with E-state index in [0.717, 1.165) is 36.6 Å². The van der Waals surface area contributed by atoms with Gasteiger partial charge in [-0.05, 0) is 37.3 Å². The number of amides is 1. The number of alkyl halides is 1. The molecule has 0 radical (unpaired) electrons. The minimum atomic E-state index is -0.0229. The van der Waals surface area contributed by atoms with Crippen LogP contribution in [-0.4, -0.2) is 22.8 Å². The predicted octanol–water partition coefficient (Wildman–Crippen LogP) is 3.76. The van der Waals surface area contributed by atoms with Crippen molar-refractivity contribution in [2.45, 2.75) is 31.1 Å². The maximum atomic E-state index is 12.4. The molecule has 1 N–H and O–H groups in total. The van der Waals surface area contributed by atoms with Crippen LogP contribution in [0, 0.1) is 5.92 Å². The maximum Gasteiger partial charge on any atom is 0.252 e. The molecule has 1 aliphatic carbocycles. The van der Waals surface area contributed by atoms with E-state index in [1.165, 1.54) is 0 Å². The third-order valence-electron chi connectivity index (χ3n) is 4.16. The largest absolute Gasteiger partial charge is 0.352 e. The molecule has 3 nitrogen and oxygen atoms in total. The van der Waals surface area contributed by atoms with Gasteiger partial charge < -0.3 is 5.32 Å². The molecule has 2 aromatic rings. The summed E-state index contributed by atoms with van der Waals surface area (Å²) in [5.41, 5.74) is 1.54. The molecule has 21 heavy (non-hydrogen) atoms. The van der Waals surface area contributed by atoms with Crippen LogP contribution in [0.5, 0.6) is 0 Å². The number of benzene rings is 1. The Hall–Kier alpha value is -1.61. The van der Waals surface area contributed by atoms with Gasteiger partial charge in [-0.25, -0.2) is 0 Å². The first-order valence-electron chi connectivity index (χ1n) is 7.50. The summed E-state index contributed by atoms with van der Waals surface area (Å²) in [4.78, 5) is 16.7. The number of hydrogen-bond donors (Lipinski definition) is 1. The molecule has 1 saturated carbocycles. The van der Waals surface area contributed by atoms with Gasteiger partial charge in [-0.15, -0.1) is 11.6 Å². The summed E-state index contributed by atoms with van der Waals surface area (Å²) < 4.78 is 0. The lowest BCUT2D eigenvalue weighted by Crippen LogP contribution is -2.32. The van der Waals surface area contributed by atoms with Crippen LogP contribution in [0.4, 0.5) is 0 Å².